The van der Waals surface area contributed by atoms with Gasteiger partial charge < -0.3 is 5.32 Å². The number of hydrogen-bond acceptors (Lipinski definition) is 3. The van der Waals surface area contributed by atoms with Crippen molar-refractivity contribution in [2.24, 2.45) is 0 Å². The number of rotatable bonds is 0. The maximum Gasteiger partial charge on any atom is 0.0637 e. The molecule has 1 aromatic heterocycles. The maximum absolute atomic E-state index is 3.37. The minimum atomic E-state index is 0.542. The second kappa shape index (κ2) is 2.03. The van der Waals surface area contributed by atoms with E-state index in [2.05, 4.69) is 16.8 Å². The molecule has 1 aromatic rings. The van der Waals surface area contributed by atoms with Crippen LogP contribution in [0.25, 0.3) is 0 Å². The lowest BCUT2D eigenvalue weighted by Crippen LogP contribution is -2.57. The van der Waals surface area contributed by atoms with E-state index in [0.717, 1.165) is 0 Å². The fourth-order valence-corrected chi connectivity index (χ4v) is 4.36. The predicted molar refractivity (Wildman–Crippen MR) is 49.6 cm³/mol. The quantitative estimate of drug-likeness (QED) is 0.657. The van der Waals surface area contributed by atoms with E-state index >= 15 is 0 Å². The molecule has 1 nitrogen and oxygen atoms in total. The Morgan fingerprint density at radius 2 is 2.36 bits per heavy atom. The van der Waals surface area contributed by atoms with E-state index in [1.807, 2.05) is 23.1 Å². The van der Waals surface area contributed by atoms with Gasteiger partial charge in [0.2, 0.25) is 0 Å². The lowest BCUT2D eigenvalue weighted by molar-refractivity contribution is 0.315. The van der Waals surface area contributed by atoms with E-state index in [1.165, 1.54) is 18.8 Å². The lowest BCUT2D eigenvalue weighted by Gasteiger charge is -2.39. The first-order valence-electron chi connectivity index (χ1n) is 3.82. The fraction of sp³-hybridized carbons (Fsp3) is 0.500. The van der Waals surface area contributed by atoms with Crippen molar-refractivity contribution in [2.75, 3.05) is 18.8 Å². The lowest BCUT2D eigenvalue weighted by atomic mass is 9.79. The molecule has 1 fully saturated rings. The average Bonchev–Trinajstić information content (AvgIpc) is 2.38. The highest BCUT2D eigenvalue weighted by atomic mass is 32.2. The van der Waals surface area contributed by atoms with Gasteiger partial charge in [0.15, 0.2) is 0 Å². The Labute approximate surface area is 74.2 Å². The normalized spacial score (nSPS) is 25.1. The van der Waals surface area contributed by atoms with Crippen LogP contribution in [-0.4, -0.2) is 18.8 Å². The van der Waals surface area contributed by atoms with Gasteiger partial charge in [-0.1, -0.05) is 0 Å². The van der Waals surface area contributed by atoms with E-state index in [-0.39, 0.29) is 0 Å². The van der Waals surface area contributed by atoms with Crippen molar-refractivity contribution >= 4 is 23.1 Å². The molecule has 0 saturated carbocycles. The van der Waals surface area contributed by atoms with Crippen LogP contribution in [0.15, 0.2) is 15.7 Å². The van der Waals surface area contributed by atoms with E-state index in [0.29, 0.717) is 5.41 Å². The molecule has 58 valence electrons. The maximum atomic E-state index is 3.37. The molecule has 0 aliphatic carbocycles. The van der Waals surface area contributed by atoms with Gasteiger partial charge in [-0.3, -0.25) is 0 Å². The van der Waals surface area contributed by atoms with Crippen LogP contribution in [0.3, 0.4) is 0 Å². The molecule has 3 heteroatoms. The highest BCUT2D eigenvalue weighted by molar-refractivity contribution is 8.01. The van der Waals surface area contributed by atoms with E-state index in [4.69, 9.17) is 0 Å². The highest BCUT2D eigenvalue weighted by Crippen LogP contribution is 2.48. The van der Waals surface area contributed by atoms with Crippen molar-refractivity contribution in [1.29, 1.82) is 0 Å². The summed E-state index contributed by atoms with van der Waals surface area (Å²) in [6.07, 6.45) is 0. The highest BCUT2D eigenvalue weighted by Gasteiger charge is 2.44. The van der Waals surface area contributed by atoms with Crippen LogP contribution in [-0.2, 0) is 5.41 Å². The summed E-state index contributed by atoms with van der Waals surface area (Å²) >= 11 is 3.93. The standard InChI is InChI=1S/C8H9NS2/c1-2-10-7-6(1)8(5-11-7)3-9-4-8/h1-2,9H,3-5H2. The van der Waals surface area contributed by atoms with Crippen molar-refractivity contribution < 1.29 is 0 Å². The van der Waals surface area contributed by atoms with Crippen molar-refractivity contribution in [2.45, 2.75) is 9.62 Å². The van der Waals surface area contributed by atoms with Crippen molar-refractivity contribution in [3.05, 3.63) is 17.0 Å². The number of thioether (sulfide) groups is 1. The van der Waals surface area contributed by atoms with Gasteiger partial charge in [0.05, 0.1) is 4.21 Å². The minimum absolute atomic E-state index is 0.542. The van der Waals surface area contributed by atoms with Crippen LogP contribution in [0.4, 0.5) is 0 Å². The summed E-state index contributed by atoms with van der Waals surface area (Å²) < 4.78 is 1.56. The van der Waals surface area contributed by atoms with Crippen LogP contribution >= 0.6 is 23.1 Å². The van der Waals surface area contributed by atoms with Gasteiger partial charge in [-0.2, -0.15) is 0 Å². The van der Waals surface area contributed by atoms with Gasteiger partial charge in [-0.15, -0.1) is 23.1 Å². The Balaban J connectivity index is 2.12. The Hall–Kier alpha value is 0.01000. The van der Waals surface area contributed by atoms with Gasteiger partial charge in [0, 0.05) is 24.3 Å². The summed E-state index contributed by atoms with van der Waals surface area (Å²) in [5, 5.41) is 5.59. The predicted octanol–water partition coefficient (Wildman–Crippen LogP) is 1.69. The first-order valence-corrected chi connectivity index (χ1v) is 5.69. The molecule has 11 heavy (non-hydrogen) atoms. The van der Waals surface area contributed by atoms with Crippen LogP contribution in [0, 0.1) is 0 Å². The Kier molecular flexibility index (Phi) is 1.20. The summed E-state index contributed by atoms with van der Waals surface area (Å²) in [4.78, 5) is 0. The molecule has 0 atom stereocenters. The van der Waals surface area contributed by atoms with Crippen molar-refractivity contribution in [1.82, 2.24) is 5.32 Å². The molecular formula is C8H9NS2. The third-order valence-corrected chi connectivity index (χ3v) is 5.13. The van der Waals surface area contributed by atoms with Crippen LogP contribution in [0.5, 0.6) is 0 Å². The van der Waals surface area contributed by atoms with Crippen LogP contribution in [0.1, 0.15) is 5.56 Å². The SMILES string of the molecule is c1cc2c(s1)SCC21CNC1. The van der Waals surface area contributed by atoms with Gasteiger partial charge in [0.25, 0.3) is 0 Å². The Morgan fingerprint density at radius 1 is 1.45 bits per heavy atom. The van der Waals surface area contributed by atoms with Gasteiger partial charge in [0.1, 0.15) is 0 Å². The fourth-order valence-electron chi connectivity index (χ4n) is 1.80. The molecule has 3 rings (SSSR count). The third kappa shape index (κ3) is 0.713. The van der Waals surface area contributed by atoms with Crippen molar-refractivity contribution in [3.8, 4) is 0 Å². The summed E-state index contributed by atoms with van der Waals surface area (Å²) in [5.41, 5.74) is 2.16. The van der Waals surface area contributed by atoms with Gasteiger partial charge in [-0.25, -0.2) is 0 Å². The average molecular weight is 183 g/mol. The summed E-state index contributed by atoms with van der Waals surface area (Å²) in [6, 6.07) is 2.31. The Bertz CT molecular complexity index is 288. The number of hydrogen-bond donors (Lipinski definition) is 1. The second-order valence-corrected chi connectivity index (χ2v) is 5.45. The molecule has 0 amide bonds. The van der Waals surface area contributed by atoms with E-state index in [9.17, 15) is 0 Å². The molecule has 0 aromatic carbocycles. The minimum Gasteiger partial charge on any atom is -0.315 e. The number of nitrogens with one attached hydrogen (secondary N) is 1. The molecule has 2 aliphatic heterocycles. The summed E-state index contributed by atoms with van der Waals surface area (Å²) in [7, 11) is 0. The molecule has 0 bridgehead atoms. The van der Waals surface area contributed by atoms with Crippen LogP contribution in [0.2, 0.25) is 0 Å². The Morgan fingerprint density at radius 3 is 3.09 bits per heavy atom. The monoisotopic (exact) mass is 183 g/mol. The van der Waals surface area contributed by atoms with Gasteiger partial charge >= 0.3 is 0 Å². The summed E-state index contributed by atoms with van der Waals surface area (Å²) in [5.74, 6) is 1.31. The number of fused-ring (bicyclic) bond motifs is 2. The molecule has 1 spiro atoms. The topological polar surface area (TPSA) is 12.0 Å². The first kappa shape index (κ1) is 6.52. The first-order chi connectivity index (χ1) is 5.41. The zero-order valence-corrected chi connectivity index (χ0v) is 7.73. The zero-order chi connectivity index (χ0) is 7.31. The van der Waals surface area contributed by atoms with Crippen LogP contribution < -0.4 is 5.32 Å². The molecule has 0 unspecified atom stereocenters. The summed E-state index contributed by atoms with van der Waals surface area (Å²) in [6.45, 7) is 2.40. The largest absolute Gasteiger partial charge is 0.315 e. The number of thiophene rings is 1. The molecule has 2 aliphatic rings. The molecule has 1 N–H and O–H groups in total. The molecule has 0 radical (unpaired) electrons. The van der Waals surface area contributed by atoms with Gasteiger partial charge in [-0.05, 0) is 17.0 Å². The molecule has 3 heterocycles. The zero-order valence-electron chi connectivity index (χ0n) is 6.09. The van der Waals surface area contributed by atoms with Crippen molar-refractivity contribution in [3.63, 3.8) is 0 Å². The third-order valence-electron chi connectivity index (χ3n) is 2.61. The van der Waals surface area contributed by atoms with E-state index in [1.54, 1.807) is 9.77 Å². The molecule has 1 saturated heterocycles. The van der Waals surface area contributed by atoms with E-state index < -0.39 is 0 Å². The molecular weight excluding hydrogens is 174 g/mol. The second-order valence-electron chi connectivity index (χ2n) is 3.29. The smallest absolute Gasteiger partial charge is 0.0637 e.